The highest BCUT2D eigenvalue weighted by Gasteiger charge is 2.28. The Kier molecular flexibility index (Phi) is 4.66. The Bertz CT molecular complexity index is 591. The molecule has 1 rings (SSSR count). The highest BCUT2D eigenvalue weighted by Crippen LogP contribution is 2.21. The number of primary amides is 1. The van der Waals surface area contributed by atoms with Crippen LogP contribution in [0.15, 0.2) is 15.7 Å². The number of rotatable bonds is 6. The molecule has 0 aromatic carbocycles. The zero-order valence-corrected chi connectivity index (χ0v) is 11.9. The SMILES string of the molecule is CC(C)C(NS(=O)(=O)c1cc(C(=O)O)cs1)C(N)=O. The van der Waals surface area contributed by atoms with E-state index in [0.29, 0.717) is 0 Å². The predicted molar refractivity (Wildman–Crippen MR) is 69.4 cm³/mol. The lowest BCUT2D eigenvalue weighted by Gasteiger charge is -2.18. The third-order valence-electron chi connectivity index (χ3n) is 2.34. The zero-order valence-electron chi connectivity index (χ0n) is 10.3. The van der Waals surface area contributed by atoms with Gasteiger partial charge >= 0.3 is 5.97 Å². The Hall–Kier alpha value is -1.45. The molecule has 0 bridgehead atoms. The predicted octanol–water partition coefficient (Wildman–Crippen LogP) is 0.235. The molecule has 0 fully saturated rings. The van der Waals surface area contributed by atoms with Crippen LogP contribution in [0, 0.1) is 5.92 Å². The van der Waals surface area contributed by atoms with Crippen LogP contribution in [0.2, 0.25) is 0 Å². The van der Waals surface area contributed by atoms with Gasteiger partial charge in [-0.15, -0.1) is 11.3 Å². The summed E-state index contributed by atoms with van der Waals surface area (Å²) in [7, 11) is -3.96. The Morgan fingerprint density at radius 2 is 2.00 bits per heavy atom. The summed E-state index contributed by atoms with van der Waals surface area (Å²) < 4.78 is 26.0. The largest absolute Gasteiger partial charge is 0.478 e. The number of amides is 1. The first kappa shape index (κ1) is 15.6. The average Bonchev–Trinajstić information content (AvgIpc) is 2.75. The number of sulfonamides is 1. The fourth-order valence-electron chi connectivity index (χ4n) is 1.32. The molecule has 1 amide bonds. The Morgan fingerprint density at radius 3 is 2.37 bits per heavy atom. The maximum absolute atomic E-state index is 12.0. The Morgan fingerprint density at radius 1 is 1.42 bits per heavy atom. The van der Waals surface area contributed by atoms with Gasteiger partial charge in [-0.05, 0) is 12.0 Å². The molecule has 106 valence electrons. The second-order valence-electron chi connectivity index (χ2n) is 4.20. The van der Waals surface area contributed by atoms with E-state index in [9.17, 15) is 18.0 Å². The smallest absolute Gasteiger partial charge is 0.336 e. The number of carbonyl (C=O) groups is 2. The highest BCUT2D eigenvalue weighted by atomic mass is 32.2. The summed E-state index contributed by atoms with van der Waals surface area (Å²) in [4.78, 5) is 21.9. The maximum Gasteiger partial charge on any atom is 0.336 e. The summed E-state index contributed by atoms with van der Waals surface area (Å²) in [6.07, 6.45) is 0. The van der Waals surface area contributed by atoms with Crippen molar-refractivity contribution in [3.8, 4) is 0 Å². The molecule has 9 heteroatoms. The van der Waals surface area contributed by atoms with Crippen LogP contribution >= 0.6 is 11.3 Å². The second kappa shape index (κ2) is 5.68. The van der Waals surface area contributed by atoms with Gasteiger partial charge in [-0.3, -0.25) is 4.79 Å². The Labute approximate surface area is 114 Å². The summed E-state index contributed by atoms with van der Waals surface area (Å²) in [6, 6.07) is -0.00589. The molecule has 1 aromatic rings. The summed E-state index contributed by atoms with van der Waals surface area (Å²) in [6.45, 7) is 3.30. The molecular formula is C10H14N2O5S2. The van der Waals surface area contributed by atoms with Gasteiger partial charge in [0, 0.05) is 5.38 Å². The van der Waals surface area contributed by atoms with E-state index in [4.69, 9.17) is 10.8 Å². The molecular weight excluding hydrogens is 292 g/mol. The molecule has 0 aliphatic heterocycles. The van der Waals surface area contributed by atoms with Crippen LogP contribution in [-0.2, 0) is 14.8 Å². The van der Waals surface area contributed by atoms with Crippen LogP contribution in [0.25, 0.3) is 0 Å². The molecule has 0 saturated heterocycles. The number of carbonyl (C=O) groups excluding carboxylic acids is 1. The minimum absolute atomic E-state index is 0.120. The van der Waals surface area contributed by atoms with E-state index in [0.717, 1.165) is 17.4 Å². The van der Waals surface area contributed by atoms with Gasteiger partial charge in [0.05, 0.1) is 5.56 Å². The number of hydrogen-bond acceptors (Lipinski definition) is 5. The number of nitrogens with two attached hydrogens (primary N) is 1. The monoisotopic (exact) mass is 306 g/mol. The highest BCUT2D eigenvalue weighted by molar-refractivity contribution is 7.91. The van der Waals surface area contributed by atoms with Crippen LogP contribution < -0.4 is 10.5 Å². The number of aromatic carboxylic acids is 1. The third-order valence-corrected chi connectivity index (χ3v) is 5.22. The molecule has 7 nitrogen and oxygen atoms in total. The number of carboxylic acid groups (broad SMARTS) is 1. The summed E-state index contributed by atoms with van der Waals surface area (Å²) >= 11 is 0.767. The van der Waals surface area contributed by atoms with Crippen molar-refractivity contribution < 1.29 is 23.1 Å². The van der Waals surface area contributed by atoms with Gasteiger partial charge in [0.15, 0.2) is 0 Å². The van der Waals surface area contributed by atoms with E-state index in [2.05, 4.69) is 4.72 Å². The van der Waals surface area contributed by atoms with Crippen LogP contribution in [-0.4, -0.2) is 31.4 Å². The molecule has 1 aromatic heterocycles. The van der Waals surface area contributed by atoms with E-state index in [1.165, 1.54) is 5.38 Å². The molecule has 19 heavy (non-hydrogen) atoms. The molecule has 0 aliphatic rings. The molecule has 1 heterocycles. The number of thiophene rings is 1. The fourth-order valence-corrected chi connectivity index (χ4v) is 3.84. The third kappa shape index (κ3) is 3.75. The van der Waals surface area contributed by atoms with Crippen LogP contribution in [0.1, 0.15) is 24.2 Å². The van der Waals surface area contributed by atoms with Gasteiger partial charge in [-0.2, -0.15) is 4.72 Å². The lowest BCUT2D eigenvalue weighted by atomic mass is 10.1. The minimum atomic E-state index is -3.96. The lowest BCUT2D eigenvalue weighted by molar-refractivity contribution is -0.120. The van der Waals surface area contributed by atoms with E-state index < -0.39 is 27.9 Å². The fraction of sp³-hybridized carbons (Fsp3) is 0.400. The molecule has 0 spiro atoms. The van der Waals surface area contributed by atoms with E-state index >= 15 is 0 Å². The molecule has 0 saturated carbocycles. The van der Waals surface area contributed by atoms with E-state index in [1.54, 1.807) is 13.8 Å². The molecule has 4 N–H and O–H groups in total. The molecule has 1 unspecified atom stereocenters. The van der Waals surface area contributed by atoms with E-state index in [-0.39, 0.29) is 15.7 Å². The number of hydrogen-bond donors (Lipinski definition) is 3. The maximum atomic E-state index is 12.0. The van der Waals surface area contributed by atoms with Gasteiger partial charge in [0.25, 0.3) is 10.0 Å². The van der Waals surface area contributed by atoms with Crippen LogP contribution in [0.5, 0.6) is 0 Å². The molecule has 0 aliphatic carbocycles. The molecule has 0 radical (unpaired) electrons. The number of carboxylic acids is 1. The van der Waals surface area contributed by atoms with Crippen molar-refractivity contribution in [1.82, 2.24) is 4.72 Å². The van der Waals surface area contributed by atoms with Crippen molar-refractivity contribution in [3.05, 3.63) is 17.0 Å². The van der Waals surface area contributed by atoms with Gasteiger partial charge in [-0.25, -0.2) is 13.2 Å². The lowest BCUT2D eigenvalue weighted by Crippen LogP contribution is -2.47. The normalized spacial score (nSPS) is 13.4. The first-order chi connectivity index (χ1) is 8.65. The minimum Gasteiger partial charge on any atom is -0.478 e. The summed E-state index contributed by atoms with van der Waals surface area (Å²) in [5.74, 6) is -2.31. The van der Waals surface area contributed by atoms with Crippen LogP contribution in [0.3, 0.4) is 0 Å². The van der Waals surface area contributed by atoms with Gasteiger partial charge in [0.2, 0.25) is 5.91 Å². The Balaban J connectivity index is 3.03. The molecule has 1 atom stereocenters. The van der Waals surface area contributed by atoms with Gasteiger partial charge in [0.1, 0.15) is 10.3 Å². The van der Waals surface area contributed by atoms with Crippen molar-refractivity contribution in [3.63, 3.8) is 0 Å². The number of nitrogens with one attached hydrogen (secondary N) is 1. The average molecular weight is 306 g/mol. The van der Waals surface area contributed by atoms with Gasteiger partial charge < -0.3 is 10.8 Å². The first-order valence-corrected chi connectivity index (χ1v) is 7.65. The van der Waals surface area contributed by atoms with Crippen molar-refractivity contribution >= 4 is 33.2 Å². The first-order valence-electron chi connectivity index (χ1n) is 5.28. The van der Waals surface area contributed by atoms with Crippen molar-refractivity contribution in [2.45, 2.75) is 24.1 Å². The van der Waals surface area contributed by atoms with Crippen molar-refractivity contribution in [2.24, 2.45) is 11.7 Å². The standard InChI is InChI=1S/C10H14N2O5S2/c1-5(2)8(9(11)13)12-19(16,17)7-3-6(4-18-7)10(14)15/h3-5,8,12H,1-2H3,(H2,11,13)(H,14,15). The van der Waals surface area contributed by atoms with Gasteiger partial charge in [-0.1, -0.05) is 13.8 Å². The summed E-state index contributed by atoms with van der Waals surface area (Å²) in [5, 5.41) is 9.95. The van der Waals surface area contributed by atoms with E-state index in [1.807, 2.05) is 0 Å². The second-order valence-corrected chi connectivity index (χ2v) is 7.06. The zero-order chi connectivity index (χ0) is 14.8. The van der Waals surface area contributed by atoms with Crippen molar-refractivity contribution in [1.29, 1.82) is 0 Å². The quantitative estimate of drug-likeness (QED) is 0.693. The topological polar surface area (TPSA) is 127 Å². The summed E-state index contributed by atoms with van der Waals surface area (Å²) in [5.41, 5.74) is 5.00. The van der Waals surface area contributed by atoms with Crippen LogP contribution in [0.4, 0.5) is 0 Å². The van der Waals surface area contributed by atoms with Crippen molar-refractivity contribution in [2.75, 3.05) is 0 Å².